The predicted octanol–water partition coefficient (Wildman–Crippen LogP) is 17.8. The summed E-state index contributed by atoms with van der Waals surface area (Å²) in [5, 5.41) is 10.3. The van der Waals surface area contributed by atoms with Gasteiger partial charge in [0.1, 0.15) is 18.3 Å². The van der Waals surface area contributed by atoms with Crippen LogP contribution < -0.4 is 0 Å². The van der Waals surface area contributed by atoms with Gasteiger partial charge in [0.05, 0.1) is 6.10 Å². The molecule has 0 saturated heterocycles. The van der Waals surface area contributed by atoms with Crippen molar-refractivity contribution >= 4 is 18.0 Å². The molecule has 0 rings (SSSR count). The largest absolute Gasteiger partial charge is 0.462 e. The Hall–Kier alpha value is -1.87. The molecule has 0 aromatic heterocycles. The van der Waals surface area contributed by atoms with Gasteiger partial charge in [0.15, 0.2) is 0 Å². The number of hydrogen-bond acceptors (Lipinski definition) is 8. The Morgan fingerprint density at radius 3 is 1.03 bits per heavy atom. The first-order valence-electron chi connectivity index (χ1n) is 30.8. The smallest absolute Gasteiger partial charge is 0.410 e. The number of esters is 2. The van der Waals surface area contributed by atoms with Gasteiger partial charge in [-0.1, -0.05) is 189 Å². The first-order valence-corrected chi connectivity index (χ1v) is 30.8. The number of aliphatic hydroxyl groups excluding tert-OH is 1. The quantitative estimate of drug-likeness (QED) is 0.0365. The zero-order chi connectivity index (χ0) is 51.6. The van der Waals surface area contributed by atoms with Crippen molar-refractivity contribution in [2.75, 3.05) is 33.7 Å². The van der Waals surface area contributed by atoms with Crippen LogP contribution in [0, 0.1) is 0 Å². The molecule has 1 unspecified atom stereocenters. The fourth-order valence-corrected chi connectivity index (χ4v) is 9.70. The molecule has 1 N–H and O–H groups in total. The van der Waals surface area contributed by atoms with Crippen molar-refractivity contribution in [2.45, 2.75) is 342 Å². The number of unbranched alkanes of at least 4 members (excludes halogenated alkanes) is 25. The minimum absolute atomic E-state index is 0.0115. The Balaban J connectivity index is 5.14. The fourth-order valence-electron chi connectivity index (χ4n) is 9.70. The highest BCUT2D eigenvalue weighted by atomic mass is 16.6. The van der Waals surface area contributed by atoms with Crippen LogP contribution in [0.3, 0.4) is 0 Å². The Morgan fingerprint density at radius 1 is 0.343 bits per heavy atom. The molecule has 9 nitrogen and oxygen atoms in total. The predicted molar refractivity (Wildman–Crippen MR) is 298 cm³/mol. The first kappa shape index (κ1) is 68.1. The Bertz CT molecular complexity index is 1050. The summed E-state index contributed by atoms with van der Waals surface area (Å²) in [7, 11) is 4.16. The van der Waals surface area contributed by atoms with Crippen LogP contribution in [-0.2, 0) is 23.8 Å². The number of ether oxygens (including phenoxy) is 3. The third kappa shape index (κ3) is 46.0. The monoisotopic (exact) mass is 993 g/mol. The molecule has 0 aromatic carbocycles. The van der Waals surface area contributed by atoms with Crippen LogP contribution in [0.25, 0.3) is 0 Å². The molecule has 0 fully saturated rings. The van der Waals surface area contributed by atoms with Crippen molar-refractivity contribution in [2.24, 2.45) is 0 Å². The molecule has 0 radical (unpaired) electrons. The van der Waals surface area contributed by atoms with Crippen LogP contribution in [0.4, 0.5) is 4.79 Å². The van der Waals surface area contributed by atoms with Gasteiger partial charge in [0.25, 0.3) is 0 Å². The summed E-state index contributed by atoms with van der Waals surface area (Å²) < 4.78 is 18.4. The third-order valence-corrected chi connectivity index (χ3v) is 14.3. The SMILES string of the molecule is CCCCCCC(CCCCCC)OC(=O)CCCCCCCCC(CCCCCCCCC(=O)OC(CCCCCC)CCCCCC)OC(=O)N(CCCCCC(O)CCCC)CCCN(C)C. The fraction of sp³-hybridized carbons (Fsp3) is 0.951. The zero-order valence-electron chi connectivity index (χ0n) is 47.8. The van der Waals surface area contributed by atoms with E-state index in [1.165, 1.54) is 77.0 Å². The van der Waals surface area contributed by atoms with E-state index in [9.17, 15) is 19.5 Å². The number of aliphatic hydroxyl groups is 1. The lowest BCUT2D eigenvalue weighted by atomic mass is 10.0. The van der Waals surface area contributed by atoms with Gasteiger partial charge >= 0.3 is 18.0 Å². The molecule has 1 amide bonds. The lowest BCUT2D eigenvalue weighted by molar-refractivity contribution is -0.151. The van der Waals surface area contributed by atoms with E-state index in [0.29, 0.717) is 25.9 Å². The van der Waals surface area contributed by atoms with Crippen LogP contribution in [0.2, 0.25) is 0 Å². The maximum atomic E-state index is 13.9. The average Bonchev–Trinajstić information content (AvgIpc) is 3.34. The van der Waals surface area contributed by atoms with Gasteiger partial charge in [-0.2, -0.15) is 0 Å². The van der Waals surface area contributed by atoms with Gasteiger partial charge in [0, 0.05) is 25.9 Å². The lowest BCUT2D eigenvalue weighted by Crippen LogP contribution is -2.37. The average molecular weight is 994 g/mol. The van der Waals surface area contributed by atoms with Crippen LogP contribution in [0.5, 0.6) is 0 Å². The molecule has 9 heteroatoms. The Morgan fingerprint density at radius 2 is 0.643 bits per heavy atom. The van der Waals surface area contributed by atoms with E-state index < -0.39 is 0 Å². The molecule has 0 aromatic rings. The second-order valence-corrected chi connectivity index (χ2v) is 21.7. The number of carbonyl (C=O) groups is 3. The van der Waals surface area contributed by atoms with Crippen molar-refractivity contribution < 1.29 is 33.7 Å². The number of carbonyl (C=O) groups excluding carboxylic acids is 3. The van der Waals surface area contributed by atoms with E-state index in [2.05, 4.69) is 53.6 Å². The molecular weight excluding hydrogens is 873 g/mol. The van der Waals surface area contributed by atoms with E-state index in [1.54, 1.807) is 0 Å². The minimum atomic E-state index is -0.213. The number of hydrogen-bond donors (Lipinski definition) is 1. The van der Waals surface area contributed by atoms with Crippen LogP contribution in [0.1, 0.15) is 317 Å². The molecular formula is C61H120N2O7. The first-order chi connectivity index (χ1) is 34.1. The van der Waals surface area contributed by atoms with E-state index in [4.69, 9.17) is 14.2 Å². The second-order valence-electron chi connectivity index (χ2n) is 21.7. The molecule has 0 aliphatic rings. The number of rotatable bonds is 54. The highest BCUT2D eigenvalue weighted by molar-refractivity contribution is 5.70. The van der Waals surface area contributed by atoms with E-state index >= 15 is 0 Å². The lowest BCUT2D eigenvalue weighted by Gasteiger charge is -2.26. The third-order valence-electron chi connectivity index (χ3n) is 14.3. The van der Waals surface area contributed by atoms with Crippen molar-refractivity contribution in [3.63, 3.8) is 0 Å². The molecule has 0 spiro atoms. The van der Waals surface area contributed by atoms with Crippen LogP contribution in [0.15, 0.2) is 0 Å². The molecule has 70 heavy (non-hydrogen) atoms. The Kier molecular flexibility index (Phi) is 50.6. The molecule has 1 atom stereocenters. The van der Waals surface area contributed by atoms with E-state index in [1.807, 2.05) is 4.90 Å². The summed E-state index contributed by atoms with van der Waals surface area (Å²) >= 11 is 0. The Labute approximate surface area is 435 Å². The molecule has 0 aliphatic heterocycles. The van der Waals surface area contributed by atoms with E-state index in [-0.39, 0.29) is 42.4 Å². The molecule has 0 heterocycles. The summed E-state index contributed by atoms with van der Waals surface area (Å²) in [6, 6.07) is 0. The summed E-state index contributed by atoms with van der Waals surface area (Å²) in [6.45, 7) is 13.4. The topological polar surface area (TPSA) is 106 Å². The summed E-state index contributed by atoms with van der Waals surface area (Å²) in [5.41, 5.74) is 0. The van der Waals surface area contributed by atoms with Gasteiger partial charge in [-0.05, 0) is 136 Å². The summed E-state index contributed by atoms with van der Waals surface area (Å²) in [5.74, 6) is -0.0230. The van der Waals surface area contributed by atoms with Crippen molar-refractivity contribution in [3.8, 4) is 0 Å². The second kappa shape index (κ2) is 52.0. The van der Waals surface area contributed by atoms with Crippen LogP contribution in [-0.4, -0.2) is 91.1 Å². The normalized spacial score (nSPS) is 12.2. The van der Waals surface area contributed by atoms with Gasteiger partial charge in [0.2, 0.25) is 0 Å². The molecule has 0 saturated carbocycles. The highest BCUT2D eigenvalue weighted by Gasteiger charge is 2.21. The van der Waals surface area contributed by atoms with Gasteiger partial charge in [-0.3, -0.25) is 9.59 Å². The molecule has 0 bridgehead atoms. The van der Waals surface area contributed by atoms with Gasteiger partial charge in [-0.15, -0.1) is 0 Å². The van der Waals surface area contributed by atoms with Gasteiger partial charge < -0.3 is 29.1 Å². The molecule has 416 valence electrons. The van der Waals surface area contributed by atoms with E-state index in [0.717, 1.165) is 199 Å². The van der Waals surface area contributed by atoms with Crippen molar-refractivity contribution in [3.05, 3.63) is 0 Å². The van der Waals surface area contributed by atoms with Crippen molar-refractivity contribution in [1.29, 1.82) is 0 Å². The summed E-state index contributed by atoms with van der Waals surface area (Å²) in [6.07, 6.45) is 46.4. The maximum Gasteiger partial charge on any atom is 0.410 e. The summed E-state index contributed by atoms with van der Waals surface area (Å²) in [4.78, 5) is 43.6. The number of nitrogens with zero attached hydrogens (tertiary/aromatic N) is 2. The molecule has 0 aliphatic carbocycles. The number of amides is 1. The highest BCUT2D eigenvalue weighted by Crippen LogP contribution is 2.22. The standard InChI is InChI=1S/C61H120N2O7/c1-8-13-18-32-44-56(45-33-19-14-9-2)68-59(65)50-38-28-24-22-26-36-48-58(70-61(67)63(54-41-52-62(6)7)53-40-30-31-43-55(64)42-17-12-5)49-37-27-23-25-29-39-51-60(66)69-57(46-34-20-15-10-3)47-35-21-16-11-4/h55-58,64H,8-54H2,1-7H3. The van der Waals surface area contributed by atoms with Gasteiger partial charge in [-0.25, -0.2) is 4.79 Å². The minimum Gasteiger partial charge on any atom is -0.462 e. The van der Waals surface area contributed by atoms with Crippen LogP contribution >= 0.6 is 0 Å². The maximum absolute atomic E-state index is 13.9. The van der Waals surface area contributed by atoms with Crippen molar-refractivity contribution in [1.82, 2.24) is 9.80 Å². The zero-order valence-corrected chi connectivity index (χ0v) is 47.8.